The fourth-order valence-corrected chi connectivity index (χ4v) is 3.04. The van der Waals surface area contributed by atoms with Gasteiger partial charge in [-0.05, 0) is 18.9 Å². The van der Waals surface area contributed by atoms with E-state index in [0.29, 0.717) is 24.9 Å². The summed E-state index contributed by atoms with van der Waals surface area (Å²) < 4.78 is 7.33. The van der Waals surface area contributed by atoms with Gasteiger partial charge >= 0.3 is 0 Å². The minimum absolute atomic E-state index is 0.350. The summed E-state index contributed by atoms with van der Waals surface area (Å²) in [4.78, 5) is 8.89. The molecule has 2 aromatic heterocycles. The summed E-state index contributed by atoms with van der Waals surface area (Å²) in [7, 11) is 0. The maximum Gasteiger partial charge on any atom is 0.240 e. The van der Waals surface area contributed by atoms with Crippen molar-refractivity contribution in [3.63, 3.8) is 0 Å². The summed E-state index contributed by atoms with van der Waals surface area (Å²) in [6, 6.07) is 10.5. The van der Waals surface area contributed by atoms with Crippen molar-refractivity contribution in [1.29, 1.82) is 0 Å². The van der Waals surface area contributed by atoms with Crippen LogP contribution in [0.15, 0.2) is 34.9 Å². The van der Waals surface area contributed by atoms with Crippen molar-refractivity contribution in [3.05, 3.63) is 59.3 Å². The lowest BCUT2D eigenvalue weighted by molar-refractivity contribution is 0.319. The Balaban J connectivity index is 1.32. The fourth-order valence-electron chi connectivity index (χ4n) is 3.04. The Bertz CT molecular complexity index is 810. The van der Waals surface area contributed by atoms with E-state index in [0.717, 1.165) is 36.9 Å². The SMILES string of the molecule is Cc1nc2n(n1)CC(NCc1nc(Cc3ccccc3)no1)CC2. The molecule has 1 atom stereocenters. The van der Waals surface area contributed by atoms with Crippen LogP contribution < -0.4 is 5.32 Å². The number of aryl methyl sites for hydroxylation is 2. The van der Waals surface area contributed by atoms with Crippen molar-refractivity contribution in [1.82, 2.24) is 30.2 Å². The minimum Gasteiger partial charge on any atom is -0.338 e. The Kier molecular flexibility index (Phi) is 4.08. The third-order valence-corrected chi connectivity index (χ3v) is 4.22. The van der Waals surface area contributed by atoms with Gasteiger partial charge in [0.25, 0.3) is 0 Å². The number of fused-ring (bicyclic) bond motifs is 1. The first kappa shape index (κ1) is 15.0. The lowest BCUT2D eigenvalue weighted by Crippen LogP contribution is -2.37. The lowest BCUT2D eigenvalue weighted by atomic mass is 10.1. The second kappa shape index (κ2) is 6.52. The number of rotatable bonds is 5. The van der Waals surface area contributed by atoms with Gasteiger partial charge in [0.2, 0.25) is 5.89 Å². The third-order valence-electron chi connectivity index (χ3n) is 4.22. The standard InChI is InChI=1S/C17H20N6O/c1-12-19-16-8-7-14(11-23(16)21-12)18-10-17-20-15(22-24-17)9-13-5-3-2-4-6-13/h2-6,14,18H,7-11H2,1H3. The summed E-state index contributed by atoms with van der Waals surface area (Å²) in [6.45, 7) is 3.34. The molecule has 0 spiro atoms. The predicted octanol–water partition coefficient (Wildman–Crippen LogP) is 1.66. The molecule has 1 aromatic carbocycles. The highest BCUT2D eigenvalue weighted by Gasteiger charge is 2.21. The molecule has 124 valence electrons. The number of nitrogens with zero attached hydrogens (tertiary/aromatic N) is 5. The molecule has 1 aliphatic rings. The van der Waals surface area contributed by atoms with Gasteiger partial charge in [-0.15, -0.1) is 0 Å². The molecule has 0 radical (unpaired) electrons. The van der Waals surface area contributed by atoms with E-state index in [2.05, 4.69) is 37.7 Å². The molecule has 3 heterocycles. The number of hydrogen-bond acceptors (Lipinski definition) is 6. The van der Waals surface area contributed by atoms with Crippen molar-refractivity contribution in [3.8, 4) is 0 Å². The van der Waals surface area contributed by atoms with Gasteiger partial charge in [0.1, 0.15) is 11.6 Å². The summed E-state index contributed by atoms with van der Waals surface area (Å²) in [6.07, 6.45) is 2.68. The van der Waals surface area contributed by atoms with E-state index in [-0.39, 0.29) is 0 Å². The van der Waals surface area contributed by atoms with E-state index in [1.54, 1.807) is 0 Å². The van der Waals surface area contributed by atoms with Gasteiger partial charge in [0.05, 0.1) is 13.1 Å². The van der Waals surface area contributed by atoms with Crippen LogP contribution in [0.25, 0.3) is 0 Å². The van der Waals surface area contributed by atoms with Crippen molar-refractivity contribution >= 4 is 0 Å². The average Bonchev–Trinajstić information content (AvgIpc) is 3.18. The van der Waals surface area contributed by atoms with Crippen LogP contribution in [0.5, 0.6) is 0 Å². The second-order valence-corrected chi connectivity index (χ2v) is 6.14. The van der Waals surface area contributed by atoms with Gasteiger partial charge in [0.15, 0.2) is 5.82 Å². The normalized spacial score (nSPS) is 17.0. The Morgan fingerprint density at radius 3 is 3.00 bits per heavy atom. The molecule has 0 fully saturated rings. The van der Waals surface area contributed by atoms with Gasteiger partial charge in [-0.25, -0.2) is 9.67 Å². The minimum atomic E-state index is 0.350. The van der Waals surface area contributed by atoms with E-state index in [1.807, 2.05) is 29.8 Å². The van der Waals surface area contributed by atoms with Crippen LogP contribution in [0.3, 0.4) is 0 Å². The molecule has 0 aliphatic carbocycles. The molecule has 4 rings (SSSR count). The Labute approximate surface area is 140 Å². The highest BCUT2D eigenvalue weighted by Crippen LogP contribution is 2.13. The van der Waals surface area contributed by atoms with E-state index >= 15 is 0 Å². The summed E-state index contributed by atoms with van der Waals surface area (Å²) in [5.74, 6) is 3.26. The molecular formula is C17H20N6O. The largest absolute Gasteiger partial charge is 0.338 e. The fraction of sp³-hybridized carbons (Fsp3) is 0.412. The Morgan fingerprint density at radius 1 is 1.25 bits per heavy atom. The van der Waals surface area contributed by atoms with E-state index in [1.165, 1.54) is 5.56 Å². The van der Waals surface area contributed by atoms with Gasteiger partial charge in [-0.1, -0.05) is 35.5 Å². The van der Waals surface area contributed by atoms with Gasteiger partial charge in [-0.3, -0.25) is 0 Å². The lowest BCUT2D eigenvalue weighted by Gasteiger charge is -2.22. The van der Waals surface area contributed by atoms with Crippen molar-refractivity contribution in [2.24, 2.45) is 0 Å². The Hall–Kier alpha value is -2.54. The summed E-state index contributed by atoms with van der Waals surface area (Å²) in [5, 5.41) is 12.0. The maximum absolute atomic E-state index is 5.34. The monoisotopic (exact) mass is 324 g/mol. The zero-order valence-electron chi connectivity index (χ0n) is 13.6. The maximum atomic E-state index is 5.34. The van der Waals surface area contributed by atoms with Crippen LogP contribution in [0.2, 0.25) is 0 Å². The molecule has 24 heavy (non-hydrogen) atoms. The molecule has 0 amide bonds. The Morgan fingerprint density at radius 2 is 2.12 bits per heavy atom. The molecule has 0 bridgehead atoms. The smallest absolute Gasteiger partial charge is 0.240 e. The van der Waals surface area contributed by atoms with Gasteiger partial charge < -0.3 is 9.84 Å². The van der Waals surface area contributed by atoms with E-state index < -0.39 is 0 Å². The van der Waals surface area contributed by atoms with Crippen molar-refractivity contribution in [2.75, 3.05) is 0 Å². The van der Waals surface area contributed by atoms with Crippen LogP contribution in [0, 0.1) is 6.92 Å². The van der Waals surface area contributed by atoms with E-state index in [4.69, 9.17) is 4.52 Å². The third kappa shape index (κ3) is 3.35. The summed E-state index contributed by atoms with van der Waals surface area (Å²) >= 11 is 0. The summed E-state index contributed by atoms with van der Waals surface area (Å²) in [5.41, 5.74) is 1.18. The first-order valence-corrected chi connectivity index (χ1v) is 8.25. The second-order valence-electron chi connectivity index (χ2n) is 6.14. The number of nitrogens with one attached hydrogen (secondary N) is 1. The zero-order valence-corrected chi connectivity index (χ0v) is 13.6. The average molecular weight is 324 g/mol. The van der Waals surface area contributed by atoms with Crippen molar-refractivity contribution < 1.29 is 4.52 Å². The molecule has 7 heteroatoms. The van der Waals surface area contributed by atoms with Crippen LogP contribution in [-0.4, -0.2) is 30.9 Å². The number of benzene rings is 1. The highest BCUT2D eigenvalue weighted by atomic mass is 16.5. The molecule has 0 saturated heterocycles. The van der Waals surface area contributed by atoms with Crippen LogP contribution in [-0.2, 0) is 25.9 Å². The molecule has 0 saturated carbocycles. The topological polar surface area (TPSA) is 81.7 Å². The van der Waals surface area contributed by atoms with Gasteiger partial charge in [-0.2, -0.15) is 10.1 Å². The molecular weight excluding hydrogens is 304 g/mol. The first-order chi connectivity index (χ1) is 11.8. The molecule has 7 nitrogen and oxygen atoms in total. The molecule has 1 unspecified atom stereocenters. The zero-order chi connectivity index (χ0) is 16.4. The predicted molar refractivity (Wildman–Crippen MR) is 87.3 cm³/mol. The van der Waals surface area contributed by atoms with E-state index in [9.17, 15) is 0 Å². The highest BCUT2D eigenvalue weighted by molar-refractivity contribution is 5.18. The quantitative estimate of drug-likeness (QED) is 0.769. The molecule has 3 aromatic rings. The van der Waals surface area contributed by atoms with Gasteiger partial charge in [0, 0.05) is 18.9 Å². The van der Waals surface area contributed by atoms with Crippen LogP contribution in [0.4, 0.5) is 0 Å². The first-order valence-electron chi connectivity index (χ1n) is 8.25. The number of aromatic nitrogens is 5. The van der Waals surface area contributed by atoms with Crippen molar-refractivity contribution in [2.45, 2.75) is 45.3 Å². The van der Waals surface area contributed by atoms with Crippen LogP contribution >= 0.6 is 0 Å². The number of hydrogen-bond donors (Lipinski definition) is 1. The van der Waals surface area contributed by atoms with Crippen LogP contribution in [0.1, 0.15) is 35.3 Å². The molecule has 1 N–H and O–H groups in total. The molecule has 1 aliphatic heterocycles.